The summed E-state index contributed by atoms with van der Waals surface area (Å²) < 4.78 is 0. The van der Waals surface area contributed by atoms with E-state index in [4.69, 9.17) is 11.6 Å². The van der Waals surface area contributed by atoms with Crippen LogP contribution >= 0.6 is 11.6 Å². The maximum absolute atomic E-state index is 12.8. The van der Waals surface area contributed by atoms with E-state index in [1.54, 1.807) is 31.2 Å². The van der Waals surface area contributed by atoms with E-state index in [9.17, 15) is 19.7 Å². The molecule has 0 aliphatic carbocycles. The SMILES string of the molecule is CCN(Cc1nc2ccccc2c(=O)[nH]1)C(=O)c1ccc(Cl)cc1[N+](=O)[O-]. The Bertz CT molecular complexity index is 1100. The number of nitro groups is 1. The second-order valence-electron chi connectivity index (χ2n) is 5.77. The first kappa shape index (κ1) is 18.5. The number of hydrogen-bond acceptors (Lipinski definition) is 5. The van der Waals surface area contributed by atoms with Gasteiger partial charge in [0.15, 0.2) is 0 Å². The van der Waals surface area contributed by atoms with Gasteiger partial charge < -0.3 is 9.88 Å². The minimum absolute atomic E-state index is 0.00912. The summed E-state index contributed by atoms with van der Waals surface area (Å²) in [6, 6.07) is 10.7. The molecule has 1 aromatic heterocycles. The molecule has 1 heterocycles. The largest absolute Gasteiger partial charge is 0.331 e. The highest BCUT2D eigenvalue weighted by atomic mass is 35.5. The first-order valence-corrected chi connectivity index (χ1v) is 8.49. The Balaban J connectivity index is 1.96. The monoisotopic (exact) mass is 386 g/mol. The van der Waals surface area contributed by atoms with E-state index in [0.717, 1.165) is 6.07 Å². The molecular formula is C18H15ClN4O4. The molecule has 138 valence electrons. The quantitative estimate of drug-likeness (QED) is 0.535. The van der Waals surface area contributed by atoms with Gasteiger partial charge in [0.2, 0.25) is 0 Å². The van der Waals surface area contributed by atoms with E-state index < -0.39 is 10.8 Å². The summed E-state index contributed by atoms with van der Waals surface area (Å²) >= 11 is 5.80. The average molecular weight is 387 g/mol. The van der Waals surface area contributed by atoms with E-state index in [2.05, 4.69) is 9.97 Å². The van der Waals surface area contributed by atoms with Gasteiger partial charge in [-0.25, -0.2) is 4.98 Å². The lowest BCUT2D eigenvalue weighted by Gasteiger charge is -2.20. The van der Waals surface area contributed by atoms with Crippen molar-refractivity contribution >= 4 is 34.1 Å². The van der Waals surface area contributed by atoms with E-state index in [-0.39, 0.29) is 34.9 Å². The molecule has 0 aliphatic rings. The van der Waals surface area contributed by atoms with Crippen LogP contribution in [0.2, 0.25) is 5.02 Å². The van der Waals surface area contributed by atoms with Gasteiger partial charge in [0, 0.05) is 17.6 Å². The van der Waals surface area contributed by atoms with E-state index >= 15 is 0 Å². The molecule has 0 aliphatic heterocycles. The van der Waals surface area contributed by atoms with Gasteiger partial charge in [-0.3, -0.25) is 19.7 Å². The lowest BCUT2D eigenvalue weighted by atomic mass is 10.1. The molecule has 0 radical (unpaired) electrons. The fourth-order valence-corrected chi connectivity index (χ4v) is 2.89. The molecule has 0 spiro atoms. The second kappa shape index (κ2) is 7.55. The van der Waals surface area contributed by atoms with Gasteiger partial charge in [-0.2, -0.15) is 0 Å². The van der Waals surface area contributed by atoms with Gasteiger partial charge in [-0.1, -0.05) is 23.7 Å². The van der Waals surface area contributed by atoms with Crippen LogP contribution in [0.25, 0.3) is 10.9 Å². The first-order chi connectivity index (χ1) is 12.9. The van der Waals surface area contributed by atoms with Crippen LogP contribution in [-0.4, -0.2) is 32.2 Å². The molecular weight excluding hydrogens is 372 g/mol. The number of aromatic amines is 1. The molecule has 27 heavy (non-hydrogen) atoms. The Morgan fingerprint density at radius 2 is 2.04 bits per heavy atom. The Morgan fingerprint density at radius 3 is 2.74 bits per heavy atom. The van der Waals surface area contributed by atoms with E-state index in [1.807, 2.05) is 0 Å². The number of benzene rings is 2. The summed E-state index contributed by atoms with van der Waals surface area (Å²) in [7, 11) is 0. The van der Waals surface area contributed by atoms with Crippen molar-refractivity contribution < 1.29 is 9.72 Å². The summed E-state index contributed by atoms with van der Waals surface area (Å²) in [4.78, 5) is 44.0. The smallest absolute Gasteiger partial charge is 0.283 e. The van der Waals surface area contributed by atoms with Gasteiger partial charge >= 0.3 is 0 Å². The zero-order valence-electron chi connectivity index (χ0n) is 14.3. The molecule has 0 saturated carbocycles. The topological polar surface area (TPSA) is 109 Å². The number of fused-ring (bicyclic) bond motifs is 1. The van der Waals surface area contributed by atoms with Crippen LogP contribution in [0.1, 0.15) is 23.1 Å². The van der Waals surface area contributed by atoms with Crippen LogP contribution in [0.4, 0.5) is 5.69 Å². The maximum atomic E-state index is 12.8. The van der Waals surface area contributed by atoms with Crippen LogP contribution in [0.15, 0.2) is 47.3 Å². The van der Waals surface area contributed by atoms with Crippen molar-refractivity contribution in [1.29, 1.82) is 0 Å². The van der Waals surface area contributed by atoms with Crippen molar-refractivity contribution in [3.8, 4) is 0 Å². The van der Waals surface area contributed by atoms with Crippen molar-refractivity contribution in [2.45, 2.75) is 13.5 Å². The maximum Gasteiger partial charge on any atom is 0.283 e. The highest BCUT2D eigenvalue weighted by Gasteiger charge is 2.25. The zero-order chi connectivity index (χ0) is 19.6. The predicted molar refractivity (Wildman–Crippen MR) is 101 cm³/mol. The van der Waals surface area contributed by atoms with Crippen molar-refractivity contribution in [2.24, 2.45) is 0 Å². The van der Waals surface area contributed by atoms with Crippen LogP contribution in [0, 0.1) is 10.1 Å². The van der Waals surface area contributed by atoms with Crippen molar-refractivity contribution in [2.75, 3.05) is 6.54 Å². The molecule has 0 atom stereocenters. The zero-order valence-corrected chi connectivity index (χ0v) is 15.1. The average Bonchev–Trinajstić information content (AvgIpc) is 2.65. The fraction of sp³-hybridized carbons (Fsp3) is 0.167. The van der Waals surface area contributed by atoms with Crippen molar-refractivity contribution in [3.63, 3.8) is 0 Å². The minimum atomic E-state index is -0.650. The molecule has 9 heteroatoms. The number of H-pyrrole nitrogens is 1. The number of carbonyl (C=O) groups excluding carboxylic acids is 1. The van der Waals surface area contributed by atoms with Crippen molar-refractivity contribution in [1.82, 2.24) is 14.9 Å². The first-order valence-electron chi connectivity index (χ1n) is 8.12. The Hall–Kier alpha value is -3.26. The Labute approximate surface area is 158 Å². The van der Waals surface area contributed by atoms with Crippen LogP contribution in [0.5, 0.6) is 0 Å². The number of rotatable bonds is 5. The number of carbonyl (C=O) groups is 1. The van der Waals surface area contributed by atoms with Gasteiger partial charge in [0.05, 0.1) is 22.4 Å². The van der Waals surface area contributed by atoms with Crippen LogP contribution < -0.4 is 5.56 Å². The van der Waals surface area contributed by atoms with E-state index in [0.29, 0.717) is 16.7 Å². The molecule has 8 nitrogen and oxygen atoms in total. The predicted octanol–water partition coefficient (Wildman–Crippen LogP) is 3.15. The molecule has 0 unspecified atom stereocenters. The molecule has 0 bridgehead atoms. The number of hydrogen-bond donors (Lipinski definition) is 1. The van der Waals surface area contributed by atoms with Crippen molar-refractivity contribution in [3.05, 3.63) is 79.3 Å². The lowest BCUT2D eigenvalue weighted by molar-refractivity contribution is -0.385. The number of nitro benzene ring substituents is 1. The highest BCUT2D eigenvalue weighted by molar-refractivity contribution is 6.31. The number of aromatic nitrogens is 2. The van der Waals surface area contributed by atoms with Gasteiger partial charge in [0.1, 0.15) is 11.4 Å². The summed E-state index contributed by atoms with van der Waals surface area (Å²) in [5.74, 6) is -0.248. The van der Waals surface area contributed by atoms with Gasteiger partial charge in [-0.15, -0.1) is 0 Å². The molecule has 1 amide bonds. The highest BCUT2D eigenvalue weighted by Crippen LogP contribution is 2.25. The Kier molecular flexibility index (Phi) is 5.18. The number of halogens is 1. The van der Waals surface area contributed by atoms with E-state index in [1.165, 1.54) is 17.0 Å². The normalized spacial score (nSPS) is 10.7. The molecule has 2 aromatic carbocycles. The number of para-hydroxylation sites is 1. The van der Waals surface area contributed by atoms with Crippen LogP contribution in [0.3, 0.4) is 0 Å². The van der Waals surface area contributed by atoms with Crippen LogP contribution in [-0.2, 0) is 6.54 Å². The molecule has 3 aromatic rings. The fourth-order valence-electron chi connectivity index (χ4n) is 2.72. The third-order valence-corrected chi connectivity index (χ3v) is 4.29. The number of nitrogens with one attached hydrogen (secondary N) is 1. The third-order valence-electron chi connectivity index (χ3n) is 4.06. The Morgan fingerprint density at radius 1 is 1.30 bits per heavy atom. The number of amides is 1. The summed E-state index contributed by atoms with van der Waals surface area (Å²) in [5, 5.41) is 11.9. The lowest BCUT2D eigenvalue weighted by Crippen LogP contribution is -2.32. The van der Waals surface area contributed by atoms with Gasteiger partial charge in [0.25, 0.3) is 17.2 Å². The summed E-state index contributed by atoms with van der Waals surface area (Å²) in [5.41, 5.74) is -0.242. The van der Waals surface area contributed by atoms with Gasteiger partial charge in [-0.05, 0) is 31.2 Å². The third kappa shape index (κ3) is 3.80. The standard InChI is InChI=1S/C18H15ClN4O4/c1-2-22(18(25)13-8-7-11(19)9-15(13)23(26)27)10-16-20-14-6-4-3-5-12(14)17(24)21-16/h3-9H,2,10H2,1H3,(H,20,21,24). The number of nitrogens with zero attached hydrogens (tertiary/aromatic N) is 3. The summed E-state index contributed by atoms with van der Waals surface area (Å²) in [6.07, 6.45) is 0. The molecule has 1 N–H and O–H groups in total. The molecule has 0 fully saturated rings. The molecule has 0 saturated heterocycles. The summed E-state index contributed by atoms with van der Waals surface area (Å²) in [6.45, 7) is 2.02. The second-order valence-corrected chi connectivity index (χ2v) is 6.20. The molecule has 3 rings (SSSR count). The minimum Gasteiger partial charge on any atom is -0.331 e.